The Morgan fingerprint density at radius 3 is 2.65 bits per heavy atom. The molecule has 1 aliphatic heterocycles. The lowest BCUT2D eigenvalue weighted by molar-refractivity contribution is -0.151. The number of halogens is 1. The Labute approximate surface area is 228 Å². The first-order chi connectivity index (χ1) is 18.9. The summed E-state index contributed by atoms with van der Waals surface area (Å²) < 4.78 is 51.6. The van der Waals surface area contributed by atoms with Gasteiger partial charge in [0.1, 0.15) is 24.6 Å². The van der Waals surface area contributed by atoms with E-state index in [2.05, 4.69) is 9.97 Å². The van der Waals surface area contributed by atoms with Crippen molar-refractivity contribution in [2.45, 2.75) is 50.9 Å². The lowest BCUT2D eigenvalue weighted by Crippen LogP contribution is -2.49. The Balaban J connectivity index is 1.58. The molecular formula is C25H32FN4O9P. The molecule has 0 spiro atoms. The van der Waals surface area contributed by atoms with Gasteiger partial charge in [-0.25, -0.2) is 8.96 Å². The first-order valence-electron chi connectivity index (χ1n) is 12.5. The van der Waals surface area contributed by atoms with Gasteiger partial charge in [0.2, 0.25) is 5.95 Å². The summed E-state index contributed by atoms with van der Waals surface area (Å²) >= 11 is 0. The first kappa shape index (κ1) is 29.7. The summed E-state index contributed by atoms with van der Waals surface area (Å²) in [5, 5.41) is 22.1. The molecule has 4 rings (SSSR count). The number of fused-ring (bicyclic) bond motifs is 1. The van der Waals surface area contributed by atoms with Crippen molar-refractivity contribution in [2.75, 3.05) is 25.2 Å². The molecule has 3 aromatic rings. The number of anilines is 1. The second-order valence-corrected chi connectivity index (χ2v) is 11.9. The van der Waals surface area contributed by atoms with Crippen LogP contribution in [0.4, 0.5) is 10.3 Å². The van der Waals surface area contributed by atoms with E-state index < -0.39 is 68.5 Å². The Morgan fingerprint density at radius 2 is 2.00 bits per heavy atom. The number of hydrogen-bond donors (Lipinski definition) is 4. The first-order valence-corrected chi connectivity index (χ1v) is 14.3. The third kappa shape index (κ3) is 6.06. The molecule has 1 unspecified atom stereocenters. The number of alkyl halides is 1. The molecule has 13 nitrogen and oxygen atoms in total. The van der Waals surface area contributed by atoms with Gasteiger partial charge in [-0.2, -0.15) is 4.98 Å². The van der Waals surface area contributed by atoms with Gasteiger partial charge in [-0.15, -0.1) is 0 Å². The highest BCUT2D eigenvalue weighted by Gasteiger charge is 2.57. The number of para-hydroxylation sites is 1. The normalized spacial score (nSPS) is 25.1. The molecule has 2 aromatic heterocycles. The fourth-order valence-corrected chi connectivity index (χ4v) is 6.23. The maximum Gasteiger partial charge on any atom is 0.380 e. The van der Waals surface area contributed by atoms with Crippen LogP contribution >= 0.6 is 7.60 Å². The van der Waals surface area contributed by atoms with Crippen molar-refractivity contribution in [3.63, 3.8) is 0 Å². The maximum atomic E-state index is 14.2. The summed E-state index contributed by atoms with van der Waals surface area (Å²) in [6, 6.07) is 9.49. The number of ether oxygens (including phenoxy) is 2. The van der Waals surface area contributed by atoms with Gasteiger partial charge in [0.05, 0.1) is 30.2 Å². The van der Waals surface area contributed by atoms with Gasteiger partial charge < -0.3 is 34.5 Å². The largest absolute Gasteiger partial charge is 0.463 e. The van der Waals surface area contributed by atoms with Gasteiger partial charge in [0.25, 0.3) is 5.56 Å². The number of esters is 1. The number of aliphatic hydroxyl groups is 2. The van der Waals surface area contributed by atoms with Gasteiger partial charge in [-0.05, 0) is 32.0 Å². The van der Waals surface area contributed by atoms with Crippen molar-refractivity contribution >= 4 is 30.5 Å². The lowest BCUT2D eigenvalue weighted by atomic mass is 9.95. The second-order valence-electron chi connectivity index (χ2n) is 9.89. The molecule has 1 fully saturated rings. The minimum absolute atomic E-state index is 0.0116. The van der Waals surface area contributed by atoms with Crippen LogP contribution in [0.15, 0.2) is 47.4 Å². The molecule has 1 saturated heterocycles. The van der Waals surface area contributed by atoms with Crippen molar-refractivity contribution < 1.29 is 42.5 Å². The Kier molecular flexibility index (Phi) is 8.66. The monoisotopic (exact) mass is 582 g/mol. The zero-order chi connectivity index (χ0) is 29.2. The summed E-state index contributed by atoms with van der Waals surface area (Å²) in [5.41, 5.74) is 2.59. The van der Waals surface area contributed by atoms with E-state index in [1.54, 1.807) is 44.2 Å². The molecule has 15 heteroatoms. The van der Waals surface area contributed by atoms with Crippen molar-refractivity contribution in [3.8, 4) is 5.75 Å². The van der Waals surface area contributed by atoms with E-state index >= 15 is 0 Å². The molecule has 218 valence electrons. The predicted octanol–water partition coefficient (Wildman–Crippen LogP) is 2.14. The molecule has 0 aliphatic carbocycles. The van der Waals surface area contributed by atoms with Crippen LogP contribution in [0.2, 0.25) is 0 Å². The summed E-state index contributed by atoms with van der Waals surface area (Å²) in [7, 11) is -4.10. The van der Waals surface area contributed by atoms with Crippen LogP contribution in [-0.2, 0) is 23.4 Å². The third-order valence-electron chi connectivity index (χ3n) is 6.34. The Morgan fingerprint density at radius 1 is 1.30 bits per heavy atom. The van der Waals surface area contributed by atoms with Crippen molar-refractivity contribution in [2.24, 2.45) is 5.92 Å². The number of carbonyl (C=O) groups excluding carboxylic acids is 1. The summed E-state index contributed by atoms with van der Waals surface area (Å²) in [6.07, 6.45) is -4.24. The molecule has 0 amide bonds. The number of rotatable bonds is 11. The average Bonchev–Trinajstić information content (AvgIpc) is 3.42. The van der Waals surface area contributed by atoms with Crippen LogP contribution < -0.4 is 15.8 Å². The minimum Gasteiger partial charge on any atom is -0.463 e. The SMILES string of the molecule is CC(C)OC(=O)[C@H](C)C[P@](=O)(OC[C@H]1O[C@@H](n2ccc3c(=O)[nH]c(N)nc32)C(O)(CF)[C@H]1O)Oc1ccccc1. The fraction of sp³-hybridized carbons (Fsp3) is 0.480. The van der Waals surface area contributed by atoms with Gasteiger partial charge in [-0.1, -0.05) is 25.1 Å². The zero-order valence-electron chi connectivity index (χ0n) is 22.1. The number of nitrogens with two attached hydrogens (primary N) is 1. The Hall–Kier alpha value is -3.29. The van der Waals surface area contributed by atoms with E-state index in [1.807, 2.05) is 0 Å². The van der Waals surface area contributed by atoms with Gasteiger partial charge in [-0.3, -0.25) is 19.1 Å². The second kappa shape index (κ2) is 11.7. The summed E-state index contributed by atoms with van der Waals surface area (Å²) in [4.78, 5) is 31.0. The highest BCUT2D eigenvalue weighted by atomic mass is 31.2. The number of aromatic amines is 1. The van der Waals surface area contributed by atoms with Crippen LogP contribution in [0.5, 0.6) is 5.75 Å². The van der Waals surface area contributed by atoms with Crippen LogP contribution in [0.1, 0.15) is 27.0 Å². The summed E-state index contributed by atoms with van der Waals surface area (Å²) in [5.74, 6) is -1.51. The van der Waals surface area contributed by atoms with Crippen molar-refractivity contribution in [1.29, 1.82) is 0 Å². The van der Waals surface area contributed by atoms with Crippen LogP contribution in [0.25, 0.3) is 11.0 Å². The molecule has 0 saturated carbocycles. The minimum atomic E-state index is -4.10. The lowest BCUT2D eigenvalue weighted by Gasteiger charge is -2.29. The van der Waals surface area contributed by atoms with E-state index in [4.69, 9.17) is 24.3 Å². The van der Waals surface area contributed by atoms with E-state index in [0.717, 1.165) is 0 Å². The number of benzene rings is 1. The van der Waals surface area contributed by atoms with E-state index in [-0.39, 0.29) is 28.9 Å². The van der Waals surface area contributed by atoms with Crippen molar-refractivity contribution in [3.05, 3.63) is 52.9 Å². The standard InChI is InChI=1S/C25H32FN4O9P/c1-14(2)37-22(33)15(3)12-40(35,39-16-7-5-4-6-8-16)36-11-18-19(31)25(34,13-26)23(38-18)30-10-9-17-20(30)28-24(27)29-21(17)32/h4-10,14-15,18-19,23,31,34H,11-13H2,1-3H3,(H3,27,28,29,32)/t15-,18-,19+,23-,25?,40+/m1/s1. The molecule has 6 atom stereocenters. The van der Waals surface area contributed by atoms with Crippen LogP contribution in [-0.4, -0.2) is 74.1 Å². The number of aromatic nitrogens is 3. The highest BCUT2D eigenvalue weighted by molar-refractivity contribution is 7.54. The number of nitrogens with one attached hydrogen (secondary N) is 1. The van der Waals surface area contributed by atoms with Crippen LogP contribution in [0.3, 0.4) is 0 Å². The van der Waals surface area contributed by atoms with Gasteiger partial charge in [0, 0.05) is 6.20 Å². The number of hydrogen-bond acceptors (Lipinski definition) is 11. The quantitative estimate of drug-likeness (QED) is 0.192. The maximum absolute atomic E-state index is 14.2. The third-order valence-corrected chi connectivity index (χ3v) is 8.36. The molecule has 0 bridgehead atoms. The number of H-pyrrole nitrogens is 1. The summed E-state index contributed by atoms with van der Waals surface area (Å²) in [6.45, 7) is 2.81. The van der Waals surface area contributed by atoms with E-state index in [1.165, 1.54) is 23.8 Å². The topological polar surface area (TPSA) is 188 Å². The highest BCUT2D eigenvalue weighted by Crippen LogP contribution is 2.51. The molecule has 5 N–H and O–H groups in total. The number of aliphatic hydroxyl groups excluding tert-OH is 1. The predicted molar refractivity (Wildman–Crippen MR) is 141 cm³/mol. The number of nitrogens with zero attached hydrogens (tertiary/aromatic N) is 2. The van der Waals surface area contributed by atoms with Crippen molar-refractivity contribution in [1.82, 2.24) is 14.5 Å². The van der Waals surface area contributed by atoms with E-state index in [9.17, 15) is 28.8 Å². The smallest absolute Gasteiger partial charge is 0.380 e. The molecule has 3 heterocycles. The molecular weight excluding hydrogens is 550 g/mol. The molecule has 1 aromatic carbocycles. The van der Waals surface area contributed by atoms with Gasteiger partial charge >= 0.3 is 13.6 Å². The number of nitrogen functional groups attached to an aromatic ring is 1. The average molecular weight is 583 g/mol. The molecule has 40 heavy (non-hydrogen) atoms. The molecule has 1 aliphatic rings. The Bertz CT molecular complexity index is 1450. The fourth-order valence-electron chi connectivity index (χ4n) is 4.36. The molecule has 0 radical (unpaired) electrons. The van der Waals surface area contributed by atoms with E-state index in [0.29, 0.717) is 0 Å². The number of carbonyl (C=O) groups is 1. The zero-order valence-corrected chi connectivity index (χ0v) is 23.0. The van der Waals surface area contributed by atoms with Crippen LogP contribution in [0, 0.1) is 5.92 Å². The van der Waals surface area contributed by atoms with Gasteiger partial charge in [0.15, 0.2) is 17.5 Å².